The van der Waals surface area contributed by atoms with Gasteiger partial charge < -0.3 is 29.6 Å². The number of piperidine rings is 2. The van der Waals surface area contributed by atoms with Crippen LogP contribution in [0.5, 0.6) is 0 Å². The minimum Gasteiger partial charge on any atom is -0.459 e. The average molecular weight is 645 g/mol. The number of rotatable bonds is 11. The maximum Gasteiger partial charge on any atom is 0.317 e. The van der Waals surface area contributed by atoms with Gasteiger partial charge in [-0.2, -0.15) is 20.0 Å². The molecule has 2 fully saturated rings. The van der Waals surface area contributed by atoms with Gasteiger partial charge in [-0.1, -0.05) is 25.3 Å². The summed E-state index contributed by atoms with van der Waals surface area (Å²) in [5.41, 5.74) is -0.439. The minimum atomic E-state index is -0.858. The number of amidine groups is 4. The van der Waals surface area contributed by atoms with E-state index in [-0.39, 0.29) is 72.5 Å². The zero-order valence-corrected chi connectivity index (χ0v) is 29.0. The van der Waals surface area contributed by atoms with Crippen molar-refractivity contribution in [3.05, 3.63) is 25.3 Å². The fourth-order valence-electron chi connectivity index (χ4n) is 7.47. The van der Waals surface area contributed by atoms with Gasteiger partial charge in [0.05, 0.1) is 13.2 Å². The Bertz CT molecular complexity index is 1120. The first-order valence-electron chi connectivity index (χ1n) is 16.1. The molecule has 0 amide bonds. The van der Waals surface area contributed by atoms with E-state index < -0.39 is 12.7 Å². The summed E-state index contributed by atoms with van der Waals surface area (Å²) in [4.78, 5) is 18.4. The van der Waals surface area contributed by atoms with Crippen molar-refractivity contribution in [3.8, 4) is 0 Å². The summed E-state index contributed by atoms with van der Waals surface area (Å²) in [6.07, 6.45) is 4.93. The van der Waals surface area contributed by atoms with Gasteiger partial charge in [0.1, 0.15) is 24.9 Å². The summed E-state index contributed by atoms with van der Waals surface area (Å²) in [5, 5.41) is 10.4. The molecule has 0 saturated carbocycles. The van der Waals surface area contributed by atoms with Crippen LogP contribution in [-0.2, 0) is 18.9 Å². The number of hydrogen-bond donors (Lipinski definition) is 4. The highest BCUT2D eigenvalue weighted by Gasteiger charge is 2.44. The maximum absolute atomic E-state index is 6.62. The zero-order chi connectivity index (χ0) is 33.9. The van der Waals surface area contributed by atoms with Crippen molar-refractivity contribution in [3.63, 3.8) is 0 Å². The Morgan fingerprint density at radius 3 is 1.30 bits per heavy atom. The third-order valence-corrected chi connectivity index (χ3v) is 8.26. The number of nitrogens with one attached hydrogen (secondary N) is 2. The number of aliphatic imine (C=N–C) groups is 4. The van der Waals surface area contributed by atoms with Crippen molar-refractivity contribution in [2.45, 2.75) is 116 Å². The Hall–Kier alpha value is -2.88. The monoisotopic (exact) mass is 644 g/mol. The Kier molecular flexibility index (Phi) is 11.0. The molecule has 2 unspecified atom stereocenters. The first kappa shape index (κ1) is 36.0. The van der Waals surface area contributed by atoms with Crippen molar-refractivity contribution in [2.24, 2.45) is 43.5 Å². The van der Waals surface area contributed by atoms with Gasteiger partial charge in [-0.3, -0.25) is 0 Å². The van der Waals surface area contributed by atoms with Crippen LogP contribution in [-0.4, -0.2) is 95.0 Å². The van der Waals surface area contributed by atoms with Crippen LogP contribution in [0, 0.1) is 11.8 Å². The Morgan fingerprint density at radius 1 is 0.674 bits per heavy atom. The molecule has 46 heavy (non-hydrogen) atoms. The molecule has 0 aromatic carbocycles. The molecule has 2 saturated heterocycles. The van der Waals surface area contributed by atoms with E-state index in [1.807, 2.05) is 0 Å². The smallest absolute Gasteiger partial charge is 0.317 e. The molecular formula is C32H56N10O4. The van der Waals surface area contributed by atoms with Gasteiger partial charge in [0, 0.05) is 34.0 Å². The van der Waals surface area contributed by atoms with Crippen molar-refractivity contribution in [2.75, 3.05) is 26.4 Å². The SMILES string of the molecule is C=CCOC1=NC(OCCOC2N=C(OCC=C)N=C(C3CC(C)(C)NC(C)(C)C3)N2N)N(N)C(C2CC(C)(C)NC(C)(C)C2)=N1. The topological polar surface area (TPSA) is 169 Å². The first-order chi connectivity index (χ1) is 21.4. The molecule has 0 radical (unpaired) electrons. The third-order valence-electron chi connectivity index (χ3n) is 8.26. The van der Waals surface area contributed by atoms with Crippen LogP contribution in [0.1, 0.15) is 81.1 Å². The van der Waals surface area contributed by atoms with E-state index in [4.69, 9.17) is 40.6 Å². The quantitative estimate of drug-likeness (QED) is 0.149. The van der Waals surface area contributed by atoms with Gasteiger partial charge in [-0.05, 0) is 81.1 Å². The van der Waals surface area contributed by atoms with Crippen LogP contribution in [0.4, 0.5) is 0 Å². The molecule has 0 aliphatic carbocycles. The number of nitrogens with two attached hydrogens (primary N) is 2. The van der Waals surface area contributed by atoms with Gasteiger partial charge in [-0.25, -0.2) is 21.7 Å². The molecule has 0 bridgehead atoms. The standard InChI is InChI=1S/C32H56N10O4/c1-11-13-43-25-35-23(21-17-29(3,4)39-30(5,6)18-21)41(33)27(37-25)45-15-16-46-28-38-26(44-14-12-2)36-24(42(28)34)22-19-31(7,8)40-32(9,10)20-22/h11-12,21-22,27-28,39-40H,1-2,13-20,33-34H2,3-10H3. The largest absolute Gasteiger partial charge is 0.459 e. The highest BCUT2D eigenvalue weighted by Crippen LogP contribution is 2.36. The summed E-state index contributed by atoms with van der Waals surface area (Å²) in [7, 11) is 0. The molecule has 14 nitrogen and oxygen atoms in total. The number of hydrazine groups is 2. The fraction of sp³-hybridized carbons (Fsp3) is 0.750. The van der Waals surface area contributed by atoms with E-state index >= 15 is 0 Å². The highest BCUT2D eigenvalue weighted by molar-refractivity contribution is 5.97. The molecule has 0 spiro atoms. The summed E-state index contributed by atoms with van der Waals surface area (Å²) in [6, 6.07) is 0.415. The van der Waals surface area contributed by atoms with Crippen molar-refractivity contribution in [1.82, 2.24) is 20.7 Å². The van der Waals surface area contributed by atoms with Gasteiger partial charge in [0.15, 0.2) is 0 Å². The maximum atomic E-state index is 6.62. The summed E-state index contributed by atoms with van der Waals surface area (Å²) in [5.74, 6) is 14.7. The lowest BCUT2D eigenvalue weighted by Gasteiger charge is -2.48. The fourth-order valence-corrected chi connectivity index (χ4v) is 7.47. The lowest BCUT2D eigenvalue weighted by Crippen LogP contribution is -2.62. The predicted molar refractivity (Wildman–Crippen MR) is 182 cm³/mol. The molecule has 4 heterocycles. The van der Waals surface area contributed by atoms with Gasteiger partial charge >= 0.3 is 12.0 Å². The second-order valence-electron chi connectivity index (χ2n) is 15.2. The predicted octanol–water partition coefficient (Wildman–Crippen LogP) is 2.99. The zero-order valence-electron chi connectivity index (χ0n) is 29.0. The van der Waals surface area contributed by atoms with E-state index in [1.165, 1.54) is 10.0 Å². The summed E-state index contributed by atoms with van der Waals surface area (Å²) < 4.78 is 23.8. The number of nitrogens with zero attached hydrogens (tertiary/aromatic N) is 6. The molecule has 6 N–H and O–H groups in total. The van der Waals surface area contributed by atoms with Crippen LogP contribution < -0.4 is 22.3 Å². The molecule has 4 aliphatic rings. The van der Waals surface area contributed by atoms with E-state index in [0.29, 0.717) is 11.7 Å². The van der Waals surface area contributed by atoms with E-state index in [2.05, 4.69) is 89.2 Å². The van der Waals surface area contributed by atoms with Gasteiger partial charge in [0.2, 0.25) is 12.7 Å². The Labute approximate surface area is 274 Å². The molecule has 258 valence electrons. The summed E-state index contributed by atoms with van der Waals surface area (Å²) >= 11 is 0. The van der Waals surface area contributed by atoms with Crippen LogP contribution in [0.2, 0.25) is 0 Å². The van der Waals surface area contributed by atoms with E-state index in [0.717, 1.165) is 25.7 Å². The lowest BCUT2D eigenvalue weighted by atomic mass is 9.75. The molecule has 2 atom stereocenters. The van der Waals surface area contributed by atoms with Crippen LogP contribution >= 0.6 is 0 Å². The van der Waals surface area contributed by atoms with Crippen molar-refractivity contribution in [1.29, 1.82) is 0 Å². The number of ether oxygens (including phenoxy) is 4. The Balaban J connectivity index is 1.44. The van der Waals surface area contributed by atoms with Crippen molar-refractivity contribution < 1.29 is 18.9 Å². The van der Waals surface area contributed by atoms with E-state index in [1.54, 1.807) is 12.2 Å². The molecular weight excluding hydrogens is 588 g/mol. The molecule has 4 aliphatic heterocycles. The highest BCUT2D eigenvalue weighted by atomic mass is 16.6. The normalized spacial score (nSPS) is 27.6. The third kappa shape index (κ3) is 9.35. The average Bonchev–Trinajstić information content (AvgIpc) is 2.91. The number of hydrogen-bond acceptors (Lipinski definition) is 14. The van der Waals surface area contributed by atoms with E-state index in [9.17, 15) is 0 Å². The lowest BCUT2D eigenvalue weighted by molar-refractivity contribution is -0.0860. The van der Waals surface area contributed by atoms with Crippen molar-refractivity contribution >= 4 is 23.7 Å². The second-order valence-corrected chi connectivity index (χ2v) is 15.2. The molecule has 0 aromatic heterocycles. The second kappa shape index (κ2) is 14.1. The Morgan fingerprint density at radius 2 is 1.00 bits per heavy atom. The summed E-state index contributed by atoms with van der Waals surface area (Å²) in [6.45, 7) is 25.8. The molecule has 0 aromatic rings. The molecule has 14 heteroatoms. The van der Waals surface area contributed by atoms with Crippen LogP contribution in [0.15, 0.2) is 45.3 Å². The molecule has 4 rings (SSSR count). The van der Waals surface area contributed by atoms with Crippen LogP contribution in [0.25, 0.3) is 0 Å². The minimum absolute atomic E-state index is 0.0652. The van der Waals surface area contributed by atoms with Gasteiger partial charge in [-0.15, -0.1) is 0 Å². The first-order valence-corrected chi connectivity index (χ1v) is 16.1. The van der Waals surface area contributed by atoms with Gasteiger partial charge in [0.25, 0.3) is 0 Å². The van der Waals surface area contributed by atoms with Crippen LogP contribution in [0.3, 0.4) is 0 Å².